The third-order valence-corrected chi connectivity index (χ3v) is 2.98. The molecule has 0 radical (unpaired) electrons. The Labute approximate surface area is 95.9 Å². The van der Waals surface area contributed by atoms with Crippen molar-refractivity contribution in [1.82, 2.24) is 10.3 Å². The molecule has 16 heavy (non-hydrogen) atoms. The molecule has 2 rings (SSSR count). The van der Waals surface area contributed by atoms with Crippen molar-refractivity contribution < 1.29 is 0 Å². The van der Waals surface area contributed by atoms with Gasteiger partial charge in [0.05, 0.1) is 5.56 Å². The molecule has 1 aromatic heterocycles. The number of nitrogens with one attached hydrogen (secondary N) is 1. The summed E-state index contributed by atoms with van der Waals surface area (Å²) in [6, 6.07) is 4.17. The lowest BCUT2D eigenvalue weighted by molar-refractivity contribution is 0.584. The monoisotopic (exact) mass is 216 g/mol. The van der Waals surface area contributed by atoms with E-state index in [1.165, 1.54) is 0 Å². The summed E-state index contributed by atoms with van der Waals surface area (Å²) >= 11 is 0. The lowest BCUT2D eigenvalue weighted by atomic mass is 10.1. The van der Waals surface area contributed by atoms with Gasteiger partial charge in [0.2, 0.25) is 0 Å². The molecule has 4 heteroatoms. The maximum atomic E-state index is 9.13. The smallest absolute Gasteiger partial charge is 0.146 e. The first-order valence-corrected chi connectivity index (χ1v) is 5.56. The molecule has 1 saturated heterocycles. The number of hydrogen-bond donors (Lipinski definition) is 1. The van der Waals surface area contributed by atoms with Crippen molar-refractivity contribution >= 4 is 5.82 Å². The van der Waals surface area contributed by atoms with Gasteiger partial charge < -0.3 is 10.2 Å². The number of piperazine rings is 1. The van der Waals surface area contributed by atoms with E-state index in [1.807, 2.05) is 19.9 Å². The molecular formula is C12H16N4. The Balaban J connectivity index is 2.38. The zero-order chi connectivity index (χ0) is 11.5. The molecule has 4 nitrogen and oxygen atoms in total. The number of anilines is 1. The molecule has 84 valence electrons. The molecule has 0 aromatic carbocycles. The highest BCUT2D eigenvalue weighted by atomic mass is 15.2. The molecule has 1 N–H and O–H groups in total. The molecule has 0 bridgehead atoms. The number of rotatable bonds is 1. The van der Waals surface area contributed by atoms with Crippen molar-refractivity contribution in [1.29, 1.82) is 5.26 Å². The first-order chi connectivity index (χ1) is 7.72. The summed E-state index contributed by atoms with van der Waals surface area (Å²) in [6.07, 6.45) is 0. The fourth-order valence-corrected chi connectivity index (χ4v) is 1.89. The van der Waals surface area contributed by atoms with E-state index in [9.17, 15) is 0 Å². The summed E-state index contributed by atoms with van der Waals surface area (Å²) in [5, 5.41) is 12.4. The first-order valence-electron chi connectivity index (χ1n) is 5.56. The Kier molecular flexibility index (Phi) is 3.07. The average Bonchev–Trinajstić information content (AvgIpc) is 2.33. The van der Waals surface area contributed by atoms with Crippen molar-refractivity contribution in [2.24, 2.45) is 0 Å². The van der Waals surface area contributed by atoms with Crippen molar-refractivity contribution in [3.63, 3.8) is 0 Å². The molecule has 0 saturated carbocycles. The third kappa shape index (κ3) is 2.00. The predicted octanol–water partition coefficient (Wildman–Crippen LogP) is 0.980. The van der Waals surface area contributed by atoms with Gasteiger partial charge in [-0.1, -0.05) is 0 Å². The van der Waals surface area contributed by atoms with Gasteiger partial charge in [-0.25, -0.2) is 4.98 Å². The van der Waals surface area contributed by atoms with Gasteiger partial charge in [0, 0.05) is 31.9 Å². The van der Waals surface area contributed by atoms with Crippen LogP contribution >= 0.6 is 0 Å². The largest absolute Gasteiger partial charge is 0.353 e. The molecule has 1 fully saturated rings. The van der Waals surface area contributed by atoms with Gasteiger partial charge in [-0.05, 0) is 25.5 Å². The van der Waals surface area contributed by atoms with Crippen LogP contribution in [0.3, 0.4) is 0 Å². The van der Waals surface area contributed by atoms with E-state index in [2.05, 4.69) is 21.3 Å². The zero-order valence-electron chi connectivity index (χ0n) is 9.75. The predicted molar refractivity (Wildman–Crippen MR) is 63.5 cm³/mol. The van der Waals surface area contributed by atoms with Gasteiger partial charge in [0.15, 0.2) is 0 Å². The lowest BCUT2D eigenvalue weighted by Crippen LogP contribution is -2.44. The number of hydrogen-bond acceptors (Lipinski definition) is 4. The lowest BCUT2D eigenvalue weighted by Gasteiger charge is -2.29. The number of nitriles is 1. The van der Waals surface area contributed by atoms with Crippen LogP contribution in [-0.4, -0.2) is 31.2 Å². The standard InChI is InChI=1S/C12H16N4/c1-9-7-11(8-13)12(15-10(9)2)16-5-3-14-4-6-16/h7,14H,3-6H2,1-2H3. The highest BCUT2D eigenvalue weighted by Gasteiger charge is 2.16. The van der Waals surface area contributed by atoms with Crippen molar-refractivity contribution in [3.8, 4) is 6.07 Å². The van der Waals surface area contributed by atoms with E-state index in [-0.39, 0.29) is 0 Å². The molecular weight excluding hydrogens is 200 g/mol. The second-order valence-electron chi connectivity index (χ2n) is 4.11. The number of nitrogens with zero attached hydrogens (tertiary/aromatic N) is 3. The summed E-state index contributed by atoms with van der Waals surface area (Å²) in [5.41, 5.74) is 2.77. The second kappa shape index (κ2) is 4.50. The van der Waals surface area contributed by atoms with Crippen molar-refractivity contribution in [3.05, 3.63) is 22.9 Å². The van der Waals surface area contributed by atoms with Crippen LogP contribution in [0.4, 0.5) is 5.82 Å². The van der Waals surface area contributed by atoms with Crippen molar-refractivity contribution in [2.45, 2.75) is 13.8 Å². The summed E-state index contributed by atoms with van der Waals surface area (Å²) < 4.78 is 0. The Morgan fingerprint density at radius 2 is 2.06 bits per heavy atom. The van der Waals surface area contributed by atoms with E-state index < -0.39 is 0 Å². The van der Waals surface area contributed by atoms with Gasteiger partial charge in [-0.3, -0.25) is 0 Å². The molecule has 2 heterocycles. The van der Waals surface area contributed by atoms with E-state index in [0.29, 0.717) is 5.56 Å². The van der Waals surface area contributed by atoms with E-state index in [4.69, 9.17) is 5.26 Å². The summed E-state index contributed by atoms with van der Waals surface area (Å²) in [5.74, 6) is 0.840. The number of aryl methyl sites for hydroxylation is 2. The van der Waals surface area contributed by atoms with Crippen LogP contribution in [-0.2, 0) is 0 Å². The van der Waals surface area contributed by atoms with Crippen molar-refractivity contribution in [2.75, 3.05) is 31.1 Å². The molecule has 0 amide bonds. The topological polar surface area (TPSA) is 52.0 Å². The average molecular weight is 216 g/mol. The molecule has 1 aliphatic heterocycles. The first kappa shape index (κ1) is 10.9. The third-order valence-electron chi connectivity index (χ3n) is 2.98. The highest BCUT2D eigenvalue weighted by molar-refractivity contribution is 5.56. The fourth-order valence-electron chi connectivity index (χ4n) is 1.89. The maximum absolute atomic E-state index is 9.13. The summed E-state index contributed by atoms with van der Waals surface area (Å²) in [7, 11) is 0. The molecule has 0 atom stereocenters. The summed E-state index contributed by atoms with van der Waals surface area (Å²) in [4.78, 5) is 6.72. The Bertz CT molecular complexity index is 427. The number of aromatic nitrogens is 1. The SMILES string of the molecule is Cc1cc(C#N)c(N2CCNCC2)nc1C. The number of pyridine rings is 1. The summed E-state index contributed by atoms with van der Waals surface area (Å²) in [6.45, 7) is 7.74. The van der Waals surface area contributed by atoms with Gasteiger partial charge in [0.1, 0.15) is 11.9 Å². The Morgan fingerprint density at radius 1 is 1.38 bits per heavy atom. The van der Waals surface area contributed by atoms with Crippen LogP contribution in [0.1, 0.15) is 16.8 Å². The highest BCUT2D eigenvalue weighted by Crippen LogP contribution is 2.20. The normalized spacial score (nSPS) is 15.9. The van der Waals surface area contributed by atoms with Crippen LogP contribution in [0.15, 0.2) is 6.07 Å². The van der Waals surface area contributed by atoms with Crippen LogP contribution in [0.25, 0.3) is 0 Å². The molecule has 0 spiro atoms. The Morgan fingerprint density at radius 3 is 2.69 bits per heavy atom. The maximum Gasteiger partial charge on any atom is 0.146 e. The van der Waals surface area contributed by atoms with E-state index in [1.54, 1.807) is 0 Å². The minimum Gasteiger partial charge on any atom is -0.353 e. The van der Waals surface area contributed by atoms with Crippen LogP contribution in [0.2, 0.25) is 0 Å². The minimum atomic E-state index is 0.685. The second-order valence-corrected chi connectivity index (χ2v) is 4.11. The van der Waals surface area contributed by atoms with Gasteiger partial charge in [-0.2, -0.15) is 5.26 Å². The van der Waals surface area contributed by atoms with E-state index >= 15 is 0 Å². The van der Waals surface area contributed by atoms with Crippen LogP contribution in [0.5, 0.6) is 0 Å². The van der Waals surface area contributed by atoms with Gasteiger partial charge in [-0.15, -0.1) is 0 Å². The van der Waals surface area contributed by atoms with Gasteiger partial charge in [0.25, 0.3) is 0 Å². The van der Waals surface area contributed by atoms with E-state index in [0.717, 1.165) is 43.3 Å². The molecule has 0 unspecified atom stereocenters. The fraction of sp³-hybridized carbons (Fsp3) is 0.500. The molecule has 1 aromatic rings. The Hall–Kier alpha value is -1.60. The quantitative estimate of drug-likeness (QED) is 0.760. The molecule has 1 aliphatic rings. The zero-order valence-corrected chi connectivity index (χ0v) is 9.75. The minimum absolute atomic E-state index is 0.685. The van der Waals surface area contributed by atoms with Gasteiger partial charge >= 0.3 is 0 Å². The molecule has 0 aliphatic carbocycles. The van der Waals surface area contributed by atoms with Crippen LogP contribution < -0.4 is 10.2 Å². The van der Waals surface area contributed by atoms with Crippen LogP contribution in [0, 0.1) is 25.2 Å².